The molecule has 0 saturated carbocycles. The van der Waals surface area contributed by atoms with Crippen LogP contribution in [0.25, 0.3) is 6.08 Å². The number of benzene rings is 2. The number of nitrogens with zero attached hydrogens (tertiary/aromatic N) is 1. The Morgan fingerprint density at radius 1 is 1.28 bits per heavy atom. The average Bonchev–Trinajstić information content (AvgIpc) is 2.65. The Balaban J connectivity index is 2.14. The Hall–Kier alpha value is -3.32. The van der Waals surface area contributed by atoms with Gasteiger partial charge in [-0.2, -0.15) is 5.26 Å². The fourth-order valence-corrected chi connectivity index (χ4v) is 2.19. The molecule has 25 heavy (non-hydrogen) atoms. The van der Waals surface area contributed by atoms with Crippen LogP contribution in [0, 0.1) is 11.3 Å². The quantitative estimate of drug-likeness (QED) is 0.465. The molecular formula is C21H20N2O2. The van der Waals surface area contributed by atoms with Gasteiger partial charge in [0, 0.05) is 5.69 Å². The monoisotopic (exact) mass is 332 g/mol. The lowest BCUT2D eigenvalue weighted by Crippen LogP contribution is -2.13. The first-order valence-corrected chi connectivity index (χ1v) is 8.02. The molecule has 0 saturated heterocycles. The first-order chi connectivity index (χ1) is 12.2. The zero-order chi connectivity index (χ0) is 18.1. The number of nitrogens with one attached hydrogen (secondary N) is 1. The largest absolute Gasteiger partial charge is 0.490 e. The van der Waals surface area contributed by atoms with Crippen molar-refractivity contribution < 1.29 is 9.53 Å². The number of amides is 1. The van der Waals surface area contributed by atoms with E-state index in [1.54, 1.807) is 24.3 Å². The molecule has 0 heterocycles. The Morgan fingerprint density at radius 2 is 2.04 bits per heavy atom. The Morgan fingerprint density at radius 3 is 2.68 bits per heavy atom. The van der Waals surface area contributed by atoms with Crippen LogP contribution in [-0.4, -0.2) is 12.5 Å². The molecule has 0 aliphatic heterocycles. The molecule has 2 aromatic rings. The van der Waals surface area contributed by atoms with Gasteiger partial charge in [-0.3, -0.25) is 4.79 Å². The number of nitriles is 1. The van der Waals surface area contributed by atoms with Gasteiger partial charge < -0.3 is 10.1 Å². The van der Waals surface area contributed by atoms with Crippen LogP contribution in [-0.2, 0) is 11.2 Å². The van der Waals surface area contributed by atoms with E-state index in [1.807, 2.05) is 36.4 Å². The number of rotatable bonds is 7. The third kappa shape index (κ3) is 5.36. The van der Waals surface area contributed by atoms with Crippen LogP contribution in [0.1, 0.15) is 18.1 Å². The predicted octanol–water partition coefficient (Wildman–Crippen LogP) is 4.36. The fraction of sp³-hybridized carbons (Fsp3) is 0.143. The molecule has 1 amide bonds. The van der Waals surface area contributed by atoms with Crippen LogP contribution in [0.2, 0.25) is 0 Å². The lowest BCUT2D eigenvalue weighted by molar-refractivity contribution is -0.112. The molecule has 0 aliphatic carbocycles. The molecule has 1 N–H and O–H groups in total. The molecule has 0 unspecified atom stereocenters. The smallest absolute Gasteiger partial charge is 0.266 e. The summed E-state index contributed by atoms with van der Waals surface area (Å²) in [5.74, 6) is 0.214. The number of carbonyl (C=O) groups is 1. The summed E-state index contributed by atoms with van der Waals surface area (Å²) in [6.45, 7) is 6.06. The summed E-state index contributed by atoms with van der Waals surface area (Å²) in [4.78, 5) is 12.3. The van der Waals surface area contributed by atoms with Gasteiger partial charge in [0.2, 0.25) is 0 Å². The van der Waals surface area contributed by atoms with Gasteiger partial charge in [0.25, 0.3) is 5.91 Å². The van der Waals surface area contributed by atoms with Crippen molar-refractivity contribution in [1.29, 1.82) is 5.26 Å². The van der Waals surface area contributed by atoms with Crippen molar-refractivity contribution in [3.8, 4) is 11.8 Å². The number of aryl methyl sites for hydroxylation is 1. The minimum atomic E-state index is -0.441. The van der Waals surface area contributed by atoms with E-state index in [4.69, 9.17) is 4.74 Å². The summed E-state index contributed by atoms with van der Waals surface area (Å²) in [5.41, 5.74) is 2.59. The second kappa shape index (κ2) is 9.09. The van der Waals surface area contributed by atoms with E-state index >= 15 is 0 Å². The van der Waals surface area contributed by atoms with Crippen molar-refractivity contribution in [3.05, 3.63) is 77.9 Å². The first kappa shape index (κ1) is 18.0. The molecular weight excluding hydrogens is 312 g/mol. The standard InChI is InChI=1S/C21H20N2O2/c1-3-12-25-20-7-5-6-17(14-20)13-18(15-22)21(24)23-19-10-8-16(4-2)9-11-19/h3,5-11,13-14H,1,4,12H2,2H3,(H,23,24)/b18-13-. The van der Waals surface area contributed by atoms with Crippen molar-refractivity contribution in [1.82, 2.24) is 0 Å². The SMILES string of the molecule is C=CCOc1cccc(/C=C(/C#N)C(=O)Nc2ccc(CC)cc2)c1. The van der Waals surface area contributed by atoms with Gasteiger partial charge in [-0.25, -0.2) is 0 Å². The van der Waals surface area contributed by atoms with Gasteiger partial charge in [0.05, 0.1) is 0 Å². The molecule has 4 nitrogen and oxygen atoms in total. The zero-order valence-corrected chi connectivity index (χ0v) is 14.2. The number of carbonyl (C=O) groups excluding carboxylic acids is 1. The van der Waals surface area contributed by atoms with Crippen LogP contribution in [0.3, 0.4) is 0 Å². The molecule has 2 aromatic carbocycles. The maximum absolute atomic E-state index is 12.3. The van der Waals surface area contributed by atoms with Crippen LogP contribution in [0.15, 0.2) is 66.8 Å². The van der Waals surface area contributed by atoms with E-state index in [1.165, 1.54) is 11.6 Å². The molecule has 0 fully saturated rings. The van der Waals surface area contributed by atoms with E-state index in [-0.39, 0.29) is 5.57 Å². The minimum absolute atomic E-state index is 0.0282. The lowest BCUT2D eigenvalue weighted by Gasteiger charge is -2.06. The van der Waals surface area contributed by atoms with Crippen molar-refractivity contribution in [3.63, 3.8) is 0 Å². The third-order valence-electron chi connectivity index (χ3n) is 3.52. The molecule has 0 spiro atoms. The lowest BCUT2D eigenvalue weighted by atomic mass is 10.1. The van der Waals surface area contributed by atoms with E-state index in [0.29, 0.717) is 18.0 Å². The van der Waals surface area contributed by atoms with Crippen molar-refractivity contribution >= 4 is 17.7 Å². The van der Waals surface area contributed by atoms with E-state index in [0.717, 1.165) is 12.0 Å². The van der Waals surface area contributed by atoms with Gasteiger partial charge in [0.1, 0.15) is 24.0 Å². The molecule has 2 rings (SSSR count). The molecule has 4 heteroatoms. The van der Waals surface area contributed by atoms with Crippen molar-refractivity contribution in [2.75, 3.05) is 11.9 Å². The van der Waals surface area contributed by atoms with E-state index in [9.17, 15) is 10.1 Å². The van der Waals surface area contributed by atoms with Gasteiger partial charge in [-0.05, 0) is 47.9 Å². The molecule has 126 valence electrons. The number of ether oxygens (including phenoxy) is 1. The van der Waals surface area contributed by atoms with Crippen LogP contribution in [0.4, 0.5) is 5.69 Å². The van der Waals surface area contributed by atoms with E-state index in [2.05, 4.69) is 18.8 Å². The Kier molecular flexibility index (Phi) is 6.56. The van der Waals surface area contributed by atoms with Crippen molar-refractivity contribution in [2.45, 2.75) is 13.3 Å². The molecule has 0 aromatic heterocycles. The molecule has 0 bridgehead atoms. The van der Waals surface area contributed by atoms with Crippen LogP contribution >= 0.6 is 0 Å². The summed E-state index contributed by atoms with van der Waals surface area (Å²) in [6.07, 6.45) is 4.12. The highest BCUT2D eigenvalue weighted by Crippen LogP contribution is 2.17. The Labute approximate surface area is 148 Å². The highest BCUT2D eigenvalue weighted by atomic mass is 16.5. The molecule has 0 aliphatic rings. The fourth-order valence-electron chi connectivity index (χ4n) is 2.19. The van der Waals surface area contributed by atoms with Gasteiger partial charge in [0.15, 0.2) is 0 Å². The van der Waals surface area contributed by atoms with Crippen LogP contribution < -0.4 is 10.1 Å². The third-order valence-corrected chi connectivity index (χ3v) is 3.52. The predicted molar refractivity (Wildman–Crippen MR) is 100 cm³/mol. The summed E-state index contributed by atoms with van der Waals surface area (Å²) in [7, 11) is 0. The maximum Gasteiger partial charge on any atom is 0.266 e. The minimum Gasteiger partial charge on any atom is -0.490 e. The maximum atomic E-state index is 12.3. The summed E-state index contributed by atoms with van der Waals surface area (Å²) in [5, 5.41) is 12.0. The number of hydrogen-bond acceptors (Lipinski definition) is 3. The van der Waals surface area contributed by atoms with Gasteiger partial charge in [-0.1, -0.05) is 43.8 Å². The van der Waals surface area contributed by atoms with Crippen LogP contribution in [0.5, 0.6) is 5.75 Å². The topological polar surface area (TPSA) is 62.1 Å². The zero-order valence-electron chi connectivity index (χ0n) is 14.2. The number of anilines is 1. The summed E-state index contributed by atoms with van der Waals surface area (Å²) in [6, 6.07) is 16.7. The molecule has 0 radical (unpaired) electrons. The summed E-state index contributed by atoms with van der Waals surface area (Å²) < 4.78 is 5.46. The normalized spacial score (nSPS) is 10.6. The van der Waals surface area contributed by atoms with Crippen molar-refractivity contribution in [2.24, 2.45) is 0 Å². The van der Waals surface area contributed by atoms with Gasteiger partial charge >= 0.3 is 0 Å². The second-order valence-corrected chi connectivity index (χ2v) is 5.35. The first-order valence-electron chi connectivity index (χ1n) is 8.02. The highest BCUT2D eigenvalue weighted by molar-refractivity contribution is 6.09. The number of hydrogen-bond donors (Lipinski definition) is 1. The van der Waals surface area contributed by atoms with Gasteiger partial charge in [-0.15, -0.1) is 0 Å². The molecule has 0 atom stereocenters. The highest BCUT2D eigenvalue weighted by Gasteiger charge is 2.09. The Bertz CT molecular complexity index is 815. The summed E-state index contributed by atoms with van der Waals surface area (Å²) >= 11 is 0. The average molecular weight is 332 g/mol. The second-order valence-electron chi connectivity index (χ2n) is 5.35. The van der Waals surface area contributed by atoms with E-state index < -0.39 is 5.91 Å².